The van der Waals surface area contributed by atoms with Gasteiger partial charge in [-0.3, -0.25) is 4.68 Å². The summed E-state index contributed by atoms with van der Waals surface area (Å²) in [5.41, 5.74) is 8.85. The maximum Gasteiger partial charge on any atom is 0.0693 e. The molecule has 20 heavy (non-hydrogen) atoms. The van der Waals surface area contributed by atoms with E-state index in [0.717, 1.165) is 42.4 Å². The fourth-order valence-electron chi connectivity index (χ4n) is 2.44. The summed E-state index contributed by atoms with van der Waals surface area (Å²) in [6.07, 6.45) is 6.06. The van der Waals surface area contributed by atoms with Crippen molar-refractivity contribution >= 4 is 15.9 Å². The highest BCUT2D eigenvalue weighted by atomic mass is 79.9. The number of nitrogens with two attached hydrogens (primary N) is 1. The van der Waals surface area contributed by atoms with Crippen LogP contribution in [-0.4, -0.2) is 9.78 Å². The van der Waals surface area contributed by atoms with E-state index in [4.69, 9.17) is 5.73 Å². The maximum absolute atomic E-state index is 6.34. The Labute approximate surface area is 129 Å². The Morgan fingerprint density at radius 1 is 1.30 bits per heavy atom. The van der Waals surface area contributed by atoms with Crippen molar-refractivity contribution in [3.05, 3.63) is 52.3 Å². The maximum atomic E-state index is 6.34. The molecule has 108 valence electrons. The molecule has 1 heterocycles. The Hall–Kier alpha value is -1.13. The molecule has 1 aromatic carbocycles. The summed E-state index contributed by atoms with van der Waals surface area (Å²) >= 11 is 3.56. The SMILES string of the molecule is CCCn1ncc(Br)c1C(N)CCCc1ccccc1. The number of hydrogen-bond donors (Lipinski definition) is 1. The number of halogens is 1. The zero-order valence-corrected chi connectivity index (χ0v) is 13.5. The van der Waals surface area contributed by atoms with Gasteiger partial charge in [0.15, 0.2) is 0 Å². The zero-order chi connectivity index (χ0) is 14.4. The van der Waals surface area contributed by atoms with Gasteiger partial charge < -0.3 is 5.73 Å². The van der Waals surface area contributed by atoms with Crippen LogP contribution in [0.5, 0.6) is 0 Å². The molecule has 0 aliphatic heterocycles. The predicted molar refractivity (Wildman–Crippen MR) is 86.5 cm³/mol. The van der Waals surface area contributed by atoms with E-state index in [1.165, 1.54) is 5.56 Å². The Morgan fingerprint density at radius 2 is 2.05 bits per heavy atom. The van der Waals surface area contributed by atoms with Crippen LogP contribution in [0, 0.1) is 0 Å². The first-order valence-corrected chi connectivity index (χ1v) is 8.02. The van der Waals surface area contributed by atoms with Crippen LogP contribution >= 0.6 is 15.9 Å². The van der Waals surface area contributed by atoms with Gasteiger partial charge in [0.1, 0.15) is 0 Å². The van der Waals surface area contributed by atoms with Crippen LogP contribution in [0.1, 0.15) is 43.5 Å². The van der Waals surface area contributed by atoms with Crippen LogP contribution in [-0.2, 0) is 13.0 Å². The minimum Gasteiger partial charge on any atom is -0.323 e. The van der Waals surface area contributed by atoms with Gasteiger partial charge in [0.05, 0.1) is 16.4 Å². The quantitative estimate of drug-likeness (QED) is 0.828. The van der Waals surface area contributed by atoms with Crippen LogP contribution in [0.25, 0.3) is 0 Å². The summed E-state index contributed by atoms with van der Waals surface area (Å²) < 4.78 is 3.05. The van der Waals surface area contributed by atoms with Crippen molar-refractivity contribution in [3.63, 3.8) is 0 Å². The number of aromatic nitrogens is 2. The Morgan fingerprint density at radius 3 is 2.75 bits per heavy atom. The monoisotopic (exact) mass is 335 g/mol. The number of aryl methyl sites for hydroxylation is 2. The molecule has 0 saturated carbocycles. The second kappa shape index (κ2) is 7.60. The van der Waals surface area contributed by atoms with Crippen molar-refractivity contribution < 1.29 is 0 Å². The highest BCUT2D eigenvalue weighted by Gasteiger charge is 2.15. The minimum absolute atomic E-state index is 0.0436. The van der Waals surface area contributed by atoms with Crippen LogP contribution in [0.2, 0.25) is 0 Å². The van der Waals surface area contributed by atoms with E-state index in [9.17, 15) is 0 Å². The van der Waals surface area contributed by atoms with Gasteiger partial charge in [-0.25, -0.2) is 0 Å². The molecule has 2 N–H and O–H groups in total. The molecule has 0 aliphatic carbocycles. The van der Waals surface area contributed by atoms with Crippen molar-refractivity contribution in [1.82, 2.24) is 9.78 Å². The van der Waals surface area contributed by atoms with Crippen molar-refractivity contribution in [2.45, 2.75) is 45.2 Å². The predicted octanol–water partition coefficient (Wildman–Crippen LogP) is 4.08. The molecule has 2 aromatic rings. The zero-order valence-electron chi connectivity index (χ0n) is 11.9. The van der Waals surface area contributed by atoms with Crippen LogP contribution < -0.4 is 5.73 Å². The minimum atomic E-state index is 0.0436. The molecular formula is C16H22BrN3. The lowest BCUT2D eigenvalue weighted by Gasteiger charge is -2.15. The molecule has 2 rings (SSSR count). The Balaban J connectivity index is 1.91. The lowest BCUT2D eigenvalue weighted by molar-refractivity contribution is 0.512. The van der Waals surface area contributed by atoms with Gasteiger partial charge in [-0.2, -0.15) is 5.10 Å². The Kier molecular flexibility index (Phi) is 5.80. The molecule has 0 fully saturated rings. The standard InChI is InChI=1S/C16H22BrN3/c1-2-11-20-16(14(17)12-19-20)15(18)10-6-9-13-7-4-3-5-8-13/h3-5,7-8,12,15H,2,6,9-11,18H2,1H3. The number of benzene rings is 1. The highest BCUT2D eigenvalue weighted by molar-refractivity contribution is 9.10. The normalized spacial score (nSPS) is 12.6. The summed E-state index contributed by atoms with van der Waals surface area (Å²) in [7, 11) is 0. The van der Waals surface area contributed by atoms with Crippen LogP contribution in [0.15, 0.2) is 41.0 Å². The second-order valence-corrected chi connectivity index (χ2v) is 5.94. The molecule has 3 nitrogen and oxygen atoms in total. The van der Waals surface area contributed by atoms with Gasteiger partial charge in [0.2, 0.25) is 0 Å². The van der Waals surface area contributed by atoms with E-state index in [-0.39, 0.29) is 6.04 Å². The molecule has 0 spiro atoms. The van der Waals surface area contributed by atoms with Gasteiger partial charge in [0.25, 0.3) is 0 Å². The van der Waals surface area contributed by atoms with E-state index in [1.807, 2.05) is 10.9 Å². The molecule has 4 heteroatoms. The molecule has 0 amide bonds. The molecular weight excluding hydrogens is 314 g/mol. The van der Waals surface area contributed by atoms with E-state index in [1.54, 1.807) is 0 Å². The largest absolute Gasteiger partial charge is 0.323 e. The molecule has 1 unspecified atom stereocenters. The topological polar surface area (TPSA) is 43.8 Å². The molecule has 0 aliphatic rings. The lowest BCUT2D eigenvalue weighted by Crippen LogP contribution is -2.17. The first-order chi connectivity index (χ1) is 9.72. The number of hydrogen-bond acceptors (Lipinski definition) is 2. The first kappa shape index (κ1) is 15.3. The molecule has 1 aromatic heterocycles. The second-order valence-electron chi connectivity index (χ2n) is 5.09. The fraction of sp³-hybridized carbons (Fsp3) is 0.438. The molecule has 0 saturated heterocycles. The van der Waals surface area contributed by atoms with Gasteiger partial charge in [-0.1, -0.05) is 37.3 Å². The fourth-order valence-corrected chi connectivity index (χ4v) is 3.03. The van der Waals surface area contributed by atoms with Crippen molar-refractivity contribution in [1.29, 1.82) is 0 Å². The number of nitrogens with zero attached hydrogens (tertiary/aromatic N) is 2. The summed E-state index contributed by atoms with van der Waals surface area (Å²) in [6.45, 7) is 3.08. The van der Waals surface area contributed by atoms with Gasteiger partial charge >= 0.3 is 0 Å². The molecule has 0 radical (unpaired) electrons. The summed E-state index contributed by atoms with van der Waals surface area (Å²) in [5, 5.41) is 4.38. The third kappa shape index (κ3) is 3.93. The average Bonchev–Trinajstić information content (AvgIpc) is 2.81. The summed E-state index contributed by atoms with van der Waals surface area (Å²) in [6, 6.07) is 10.6. The van der Waals surface area contributed by atoms with E-state index < -0.39 is 0 Å². The lowest BCUT2D eigenvalue weighted by atomic mass is 10.0. The van der Waals surface area contributed by atoms with E-state index in [0.29, 0.717) is 0 Å². The van der Waals surface area contributed by atoms with E-state index in [2.05, 4.69) is 58.3 Å². The number of rotatable bonds is 7. The van der Waals surface area contributed by atoms with E-state index >= 15 is 0 Å². The van der Waals surface area contributed by atoms with Crippen LogP contribution in [0.3, 0.4) is 0 Å². The smallest absolute Gasteiger partial charge is 0.0693 e. The van der Waals surface area contributed by atoms with Crippen molar-refractivity contribution in [2.24, 2.45) is 5.73 Å². The first-order valence-electron chi connectivity index (χ1n) is 7.23. The van der Waals surface area contributed by atoms with Crippen molar-refractivity contribution in [2.75, 3.05) is 0 Å². The Bertz CT molecular complexity index is 522. The van der Waals surface area contributed by atoms with Crippen LogP contribution in [0.4, 0.5) is 0 Å². The molecule has 1 atom stereocenters. The highest BCUT2D eigenvalue weighted by Crippen LogP contribution is 2.25. The summed E-state index contributed by atoms with van der Waals surface area (Å²) in [5.74, 6) is 0. The van der Waals surface area contributed by atoms with Gasteiger partial charge in [-0.05, 0) is 47.2 Å². The third-order valence-electron chi connectivity index (χ3n) is 3.44. The van der Waals surface area contributed by atoms with Gasteiger partial charge in [0, 0.05) is 12.6 Å². The third-order valence-corrected chi connectivity index (χ3v) is 4.05. The summed E-state index contributed by atoms with van der Waals surface area (Å²) in [4.78, 5) is 0. The molecule has 0 bridgehead atoms. The average molecular weight is 336 g/mol. The van der Waals surface area contributed by atoms with Crippen molar-refractivity contribution in [3.8, 4) is 0 Å². The van der Waals surface area contributed by atoms with Gasteiger partial charge in [-0.15, -0.1) is 0 Å².